The smallest absolute Gasteiger partial charge is 0.0670 e. The Labute approximate surface area is 95.9 Å². The van der Waals surface area contributed by atoms with E-state index in [1.807, 2.05) is 11.8 Å². The van der Waals surface area contributed by atoms with E-state index in [9.17, 15) is 5.11 Å². The average molecular weight is 225 g/mol. The molecule has 1 unspecified atom stereocenters. The van der Waals surface area contributed by atoms with Crippen molar-refractivity contribution in [3.63, 3.8) is 0 Å². The van der Waals surface area contributed by atoms with Crippen LogP contribution in [0, 0.1) is 6.92 Å². The SMILES string of the molecule is Cc1cccc(CSCCC(O)CN)c1. The number of hydrogen-bond donors (Lipinski definition) is 2. The topological polar surface area (TPSA) is 46.2 Å². The van der Waals surface area contributed by atoms with E-state index in [0.717, 1.165) is 17.9 Å². The Bertz CT molecular complexity index is 291. The fraction of sp³-hybridized carbons (Fsp3) is 0.500. The van der Waals surface area contributed by atoms with Crippen LogP contribution in [0.3, 0.4) is 0 Å². The van der Waals surface area contributed by atoms with Gasteiger partial charge in [0.15, 0.2) is 0 Å². The molecule has 0 radical (unpaired) electrons. The number of aryl methyl sites for hydroxylation is 1. The number of hydrogen-bond acceptors (Lipinski definition) is 3. The van der Waals surface area contributed by atoms with Crippen LogP contribution in [0.15, 0.2) is 24.3 Å². The molecule has 2 nitrogen and oxygen atoms in total. The van der Waals surface area contributed by atoms with Crippen LogP contribution in [0.25, 0.3) is 0 Å². The Balaban J connectivity index is 2.20. The summed E-state index contributed by atoms with van der Waals surface area (Å²) in [5.74, 6) is 1.98. The molecule has 0 aliphatic heterocycles. The summed E-state index contributed by atoms with van der Waals surface area (Å²) in [6.07, 6.45) is 0.447. The number of nitrogens with two attached hydrogens (primary N) is 1. The van der Waals surface area contributed by atoms with E-state index in [0.29, 0.717) is 6.54 Å². The molecular formula is C12H19NOS. The van der Waals surface area contributed by atoms with Crippen molar-refractivity contribution in [2.45, 2.75) is 25.2 Å². The van der Waals surface area contributed by atoms with Gasteiger partial charge in [0.2, 0.25) is 0 Å². The lowest BCUT2D eigenvalue weighted by molar-refractivity contribution is 0.180. The quantitative estimate of drug-likeness (QED) is 0.727. The number of aliphatic hydroxyl groups is 1. The highest BCUT2D eigenvalue weighted by atomic mass is 32.2. The molecule has 1 aromatic carbocycles. The van der Waals surface area contributed by atoms with Crippen molar-refractivity contribution in [2.24, 2.45) is 5.73 Å². The van der Waals surface area contributed by atoms with Gasteiger partial charge in [-0.2, -0.15) is 11.8 Å². The van der Waals surface area contributed by atoms with E-state index < -0.39 is 0 Å². The molecule has 1 aromatic rings. The van der Waals surface area contributed by atoms with Gasteiger partial charge in [0, 0.05) is 12.3 Å². The van der Waals surface area contributed by atoms with Gasteiger partial charge < -0.3 is 10.8 Å². The van der Waals surface area contributed by atoms with Gasteiger partial charge in [0.05, 0.1) is 6.10 Å². The van der Waals surface area contributed by atoms with Gasteiger partial charge in [0.1, 0.15) is 0 Å². The first-order valence-corrected chi connectivity index (χ1v) is 6.39. The molecule has 15 heavy (non-hydrogen) atoms. The molecule has 0 spiro atoms. The zero-order valence-corrected chi connectivity index (χ0v) is 9.96. The van der Waals surface area contributed by atoms with Gasteiger partial charge >= 0.3 is 0 Å². The molecule has 0 amide bonds. The molecule has 3 heteroatoms. The molecule has 84 valence electrons. The van der Waals surface area contributed by atoms with Crippen molar-refractivity contribution in [1.82, 2.24) is 0 Å². The second kappa shape index (κ2) is 6.88. The van der Waals surface area contributed by atoms with Crippen molar-refractivity contribution in [2.75, 3.05) is 12.3 Å². The predicted molar refractivity (Wildman–Crippen MR) is 67.0 cm³/mol. The van der Waals surface area contributed by atoms with Gasteiger partial charge in [-0.15, -0.1) is 0 Å². The molecule has 0 heterocycles. The molecule has 0 aromatic heterocycles. The second-order valence-corrected chi connectivity index (χ2v) is 4.83. The summed E-state index contributed by atoms with van der Waals surface area (Å²) in [5.41, 5.74) is 7.98. The lowest BCUT2D eigenvalue weighted by Crippen LogP contribution is -2.20. The molecule has 0 aliphatic carbocycles. The average Bonchev–Trinajstić information content (AvgIpc) is 2.24. The summed E-state index contributed by atoms with van der Waals surface area (Å²) in [6.45, 7) is 2.47. The van der Waals surface area contributed by atoms with Crippen molar-refractivity contribution in [3.8, 4) is 0 Å². The van der Waals surface area contributed by atoms with Gasteiger partial charge in [-0.3, -0.25) is 0 Å². The normalized spacial score (nSPS) is 12.7. The standard InChI is InChI=1S/C12H19NOS/c1-10-3-2-4-11(7-10)9-15-6-5-12(14)8-13/h2-4,7,12,14H,5-6,8-9,13H2,1H3. The third-order valence-electron chi connectivity index (χ3n) is 2.22. The van der Waals surface area contributed by atoms with Crippen LogP contribution in [0.4, 0.5) is 0 Å². The van der Waals surface area contributed by atoms with Crippen molar-refractivity contribution < 1.29 is 5.11 Å². The Morgan fingerprint density at radius 2 is 2.27 bits per heavy atom. The van der Waals surface area contributed by atoms with E-state index >= 15 is 0 Å². The third kappa shape index (κ3) is 5.21. The lowest BCUT2D eigenvalue weighted by atomic mass is 10.2. The predicted octanol–water partition coefficient (Wildman–Crippen LogP) is 1.94. The Morgan fingerprint density at radius 1 is 1.47 bits per heavy atom. The zero-order valence-electron chi connectivity index (χ0n) is 9.15. The molecule has 0 aliphatic rings. The van der Waals surface area contributed by atoms with Crippen molar-refractivity contribution >= 4 is 11.8 Å². The summed E-state index contributed by atoms with van der Waals surface area (Å²) in [6, 6.07) is 8.53. The minimum absolute atomic E-state index is 0.338. The first kappa shape index (κ1) is 12.6. The van der Waals surface area contributed by atoms with Gasteiger partial charge in [0.25, 0.3) is 0 Å². The largest absolute Gasteiger partial charge is 0.392 e. The molecule has 1 rings (SSSR count). The Kier molecular flexibility index (Phi) is 5.76. The molecule has 0 saturated carbocycles. The van der Waals surface area contributed by atoms with E-state index in [4.69, 9.17) is 5.73 Å². The lowest BCUT2D eigenvalue weighted by Gasteiger charge is -2.07. The van der Waals surface area contributed by atoms with Crippen LogP contribution in [-0.4, -0.2) is 23.5 Å². The molecule has 0 saturated heterocycles. The maximum absolute atomic E-state index is 9.26. The van der Waals surface area contributed by atoms with E-state index in [1.165, 1.54) is 11.1 Å². The summed E-state index contributed by atoms with van der Waals surface area (Å²) >= 11 is 1.84. The Hall–Kier alpha value is -0.510. The van der Waals surface area contributed by atoms with Crippen LogP contribution in [0.5, 0.6) is 0 Å². The van der Waals surface area contributed by atoms with E-state index in [2.05, 4.69) is 31.2 Å². The Morgan fingerprint density at radius 3 is 2.93 bits per heavy atom. The highest BCUT2D eigenvalue weighted by Crippen LogP contribution is 2.14. The monoisotopic (exact) mass is 225 g/mol. The molecule has 0 bridgehead atoms. The molecule has 0 fully saturated rings. The summed E-state index contributed by atoms with van der Waals surface area (Å²) < 4.78 is 0. The van der Waals surface area contributed by atoms with Crippen molar-refractivity contribution in [3.05, 3.63) is 35.4 Å². The molecular weight excluding hydrogens is 206 g/mol. The number of rotatable bonds is 6. The highest BCUT2D eigenvalue weighted by molar-refractivity contribution is 7.98. The van der Waals surface area contributed by atoms with Gasteiger partial charge in [-0.1, -0.05) is 29.8 Å². The van der Waals surface area contributed by atoms with Crippen LogP contribution < -0.4 is 5.73 Å². The second-order valence-electron chi connectivity index (χ2n) is 3.72. The maximum atomic E-state index is 9.26. The first-order chi connectivity index (χ1) is 7.22. The van der Waals surface area contributed by atoms with E-state index in [1.54, 1.807) is 0 Å². The summed E-state index contributed by atoms with van der Waals surface area (Å²) in [4.78, 5) is 0. The number of thioether (sulfide) groups is 1. The minimum atomic E-state index is -0.338. The van der Waals surface area contributed by atoms with Crippen LogP contribution in [0.2, 0.25) is 0 Å². The maximum Gasteiger partial charge on any atom is 0.0670 e. The molecule has 3 N–H and O–H groups in total. The van der Waals surface area contributed by atoms with Crippen molar-refractivity contribution in [1.29, 1.82) is 0 Å². The number of benzene rings is 1. The van der Waals surface area contributed by atoms with Gasteiger partial charge in [-0.05, 0) is 24.7 Å². The molecule has 1 atom stereocenters. The van der Waals surface area contributed by atoms with Crippen LogP contribution in [0.1, 0.15) is 17.5 Å². The third-order valence-corrected chi connectivity index (χ3v) is 3.28. The highest BCUT2D eigenvalue weighted by Gasteiger charge is 2.00. The summed E-state index contributed by atoms with van der Waals surface area (Å²) in [7, 11) is 0. The minimum Gasteiger partial charge on any atom is -0.392 e. The first-order valence-electron chi connectivity index (χ1n) is 5.24. The van der Waals surface area contributed by atoms with Crippen LogP contribution in [-0.2, 0) is 5.75 Å². The fourth-order valence-corrected chi connectivity index (χ4v) is 2.33. The number of aliphatic hydroxyl groups excluding tert-OH is 1. The zero-order chi connectivity index (χ0) is 11.1. The van der Waals surface area contributed by atoms with Crippen LogP contribution >= 0.6 is 11.8 Å². The fourth-order valence-electron chi connectivity index (χ4n) is 1.33. The van der Waals surface area contributed by atoms with Gasteiger partial charge in [-0.25, -0.2) is 0 Å². The summed E-state index contributed by atoms with van der Waals surface area (Å²) in [5, 5.41) is 9.26. The van der Waals surface area contributed by atoms with E-state index in [-0.39, 0.29) is 6.10 Å².